The van der Waals surface area contributed by atoms with E-state index in [2.05, 4.69) is 31.2 Å². The van der Waals surface area contributed by atoms with Crippen LogP contribution in [0.4, 0.5) is 17.5 Å². The lowest BCUT2D eigenvalue weighted by Crippen LogP contribution is -2.49. The minimum Gasteiger partial charge on any atom is -0.350 e. The third-order valence-corrected chi connectivity index (χ3v) is 6.31. The molecule has 1 unspecified atom stereocenters. The van der Waals surface area contributed by atoms with Crippen LogP contribution in [0.5, 0.6) is 0 Å². The molecule has 0 bridgehead atoms. The fourth-order valence-electron chi connectivity index (χ4n) is 4.75. The molecule has 28 heavy (non-hydrogen) atoms. The first-order valence-electron chi connectivity index (χ1n) is 10.4. The largest absolute Gasteiger partial charge is 0.350 e. The topological polar surface area (TPSA) is 79.2 Å². The van der Waals surface area contributed by atoms with E-state index >= 15 is 0 Å². The summed E-state index contributed by atoms with van der Waals surface area (Å²) < 4.78 is 2.07. The average molecular weight is 381 g/mol. The number of hydrogen-bond donors (Lipinski definition) is 1. The molecule has 2 aromatic rings. The van der Waals surface area contributed by atoms with Gasteiger partial charge < -0.3 is 15.1 Å². The molecule has 1 amide bonds. The Morgan fingerprint density at radius 2 is 2.04 bits per heavy atom. The molecule has 8 heteroatoms. The number of aromatic nitrogens is 4. The van der Waals surface area contributed by atoms with Crippen molar-refractivity contribution in [2.24, 2.45) is 5.92 Å². The quantitative estimate of drug-likeness (QED) is 0.857. The number of nitrogens with zero attached hydrogens (tertiary/aromatic N) is 6. The third-order valence-electron chi connectivity index (χ3n) is 6.31. The number of carbonyl (C=O) groups is 1. The van der Waals surface area contributed by atoms with E-state index in [0.717, 1.165) is 48.9 Å². The monoisotopic (exact) mass is 381 g/mol. The third kappa shape index (κ3) is 3.10. The first-order valence-corrected chi connectivity index (χ1v) is 10.4. The van der Waals surface area contributed by atoms with Crippen molar-refractivity contribution >= 4 is 23.4 Å². The van der Waals surface area contributed by atoms with Crippen LogP contribution in [0.15, 0.2) is 18.6 Å². The number of rotatable bonds is 5. The van der Waals surface area contributed by atoms with Crippen molar-refractivity contribution in [3.8, 4) is 0 Å². The molecule has 1 saturated carbocycles. The lowest BCUT2D eigenvalue weighted by molar-refractivity contribution is -0.119. The van der Waals surface area contributed by atoms with Crippen molar-refractivity contribution in [3.05, 3.63) is 24.2 Å². The summed E-state index contributed by atoms with van der Waals surface area (Å²) in [5, 5.41) is 7.83. The Balaban J connectivity index is 1.27. The molecule has 5 rings (SSSR count). The molecule has 4 heterocycles. The SMILES string of the molecule is CN1C(=O)C2CCCN2c2nc(NCc3cnn(CC4CCCC4)c3)ncc21. The summed E-state index contributed by atoms with van der Waals surface area (Å²) in [6.45, 7) is 2.54. The Kier molecular flexibility index (Phi) is 4.41. The Morgan fingerprint density at radius 1 is 1.18 bits per heavy atom. The highest BCUT2D eigenvalue weighted by Gasteiger charge is 2.40. The predicted molar refractivity (Wildman–Crippen MR) is 107 cm³/mol. The minimum absolute atomic E-state index is 0.0749. The standard InChI is InChI=1S/C20H27N7O/c1-25-17-11-22-20(24-18(17)27-8-4-7-16(27)19(25)28)21-9-15-10-23-26(13-15)12-14-5-2-3-6-14/h10-11,13-14,16H,2-9,12H2,1H3,(H,21,22,24). The van der Waals surface area contributed by atoms with Gasteiger partial charge in [0, 0.05) is 38.4 Å². The van der Waals surface area contributed by atoms with Crippen LogP contribution < -0.4 is 15.1 Å². The van der Waals surface area contributed by atoms with Crippen molar-refractivity contribution in [2.45, 2.75) is 57.7 Å². The van der Waals surface area contributed by atoms with Crippen molar-refractivity contribution in [3.63, 3.8) is 0 Å². The number of fused-ring (bicyclic) bond motifs is 3. The van der Waals surface area contributed by atoms with Gasteiger partial charge in [0.05, 0.1) is 12.4 Å². The Bertz CT molecular complexity index is 873. The molecule has 0 radical (unpaired) electrons. The van der Waals surface area contributed by atoms with E-state index in [1.54, 1.807) is 11.1 Å². The maximum Gasteiger partial charge on any atom is 0.249 e. The van der Waals surface area contributed by atoms with E-state index in [4.69, 9.17) is 4.98 Å². The Hall–Kier alpha value is -2.64. The fraction of sp³-hybridized carbons (Fsp3) is 0.600. The minimum atomic E-state index is -0.0749. The van der Waals surface area contributed by atoms with E-state index in [1.807, 2.05) is 13.2 Å². The molecule has 1 saturated heterocycles. The number of anilines is 3. The highest BCUT2D eigenvalue weighted by atomic mass is 16.2. The predicted octanol–water partition coefficient (Wildman–Crippen LogP) is 2.42. The maximum absolute atomic E-state index is 12.5. The van der Waals surface area contributed by atoms with E-state index in [1.165, 1.54) is 25.7 Å². The van der Waals surface area contributed by atoms with Gasteiger partial charge in [-0.25, -0.2) is 4.98 Å². The molecule has 2 aromatic heterocycles. The van der Waals surface area contributed by atoms with Gasteiger partial charge in [0.15, 0.2) is 5.82 Å². The lowest BCUT2D eigenvalue weighted by atomic mass is 10.1. The van der Waals surface area contributed by atoms with Crippen LogP contribution in [0.1, 0.15) is 44.1 Å². The molecule has 148 valence electrons. The summed E-state index contributed by atoms with van der Waals surface area (Å²) in [6, 6.07) is -0.0749. The molecule has 1 aliphatic carbocycles. The number of hydrogen-bond acceptors (Lipinski definition) is 6. The second-order valence-electron chi connectivity index (χ2n) is 8.23. The van der Waals surface area contributed by atoms with E-state index < -0.39 is 0 Å². The number of likely N-dealkylation sites (N-methyl/N-ethyl adjacent to an activating group) is 1. The van der Waals surface area contributed by atoms with Crippen LogP contribution in [0.3, 0.4) is 0 Å². The lowest BCUT2D eigenvalue weighted by Gasteiger charge is -2.36. The van der Waals surface area contributed by atoms with E-state index in [0.29, 0.717) is 12.5 Å². The summed E-state index contributed by atoms with van der Waals surface area (Å²) in [7, 11) is 1.81. The van der Waals surface area contributed by atoms with Gasteiger partial charge in [0.25, 0.3) is 0 Å². The summed E-state index contributed by atoms with van der Waals surface area (Å²) in [4.78, 5) is 25.5. The van der Waals surface area contributed by atoms with Gasteiger partial charge in [0.1, 0.15) is 11.7 Å². The van der Waals surface area contributed by atoms with Crippen LogP contribution in [-0.4, -0.2) is 45.3 Å². The van der Waals surface area contributed by atoms with Crippen LogP contribution in [0, 0.1) is 5.92 Å². The molecule has 0 aromatic carbocycles. The Morgan fingerprint density at radius 3 is 2.89 bits per heavy atom. The summed E-state index contributed by atoms with van der Waals surface area (Å²) in [6.07, 6.45) is 13.1. The molecule has 8 nitrogen and oxygen atoms in total. The molecule has 1 atom stereocenters. The van der Waals surface area contributed by atoms with Gasteiger partial charge in [-0.15, -0.1) is 0 Å². The zero-order valence-electron chi connectivity index (χ0n) is 16.3. The molecular weight excluding hydrogens is 354 g/mol. The van der Waals surface area contributed by atoms with Crippen molar-refractivity contribution in [2.75, 3.05) is 28.7 Å². The van der Waals surface area contributed by atoms with Crippen LogP contribution in [0.25, 0.3) is 0 Å². The highest BCUT2D eigenvalue weighted by molar-refractivity contribution is 6.04. The maximum atomic E-state index is 12.5. The first-order chi connectivity index (χ1) is 13.7. The van der Waals surface area contributed by atoms with Crippen LogP contribution in [-0.2, 0) is 17.9 Å². The van der Waals surface area contributed by atoms with E-state index in [-0.39, 0.29) is 11.9 Å². The smallest absolute Gasteiger partial charge is 0.249 e. The normalized spacial score (nSPS) is 21.9. The van der Waals surface area contributed by atoms with Crippen molar-refractivity contribution < 1.29 is 4.79 Å². The summed E-state index contributed by atoms with van der Waals surface area (Å²) >= 11 is 0. The van der Waals surface area contributed by atoms with E-state index in [9.17, 15) is 4.79 Å². The molecule has 0 spiro atoms. The van der Waals surface area contributed by atoms with Crippen molar-refractivity contribution in [1.29, 1.82) is 0 Å². The second kappa shape index (κ2) is 7.07. The zero-order chi connectivity index (χ0) is 19.1. The Labute approximate surface area is 164 Å². The molecular formula is C20H27N7O. The van der Waals surface area contributed by atoms with Gasteiger partial charge in [-0.3, -0.25) is 9.48 Å². The molecule has 2 fully saturated rings. The van der Waals surface area contributed by atoms with Gasteiger partial charge in [-0.05, 0) is 31.6 Å². The number of amides is 1. The highest BCUT2D eigenvalue weighted by Crippen LogP contribution is 2.37. The number of nitrogens with one attached hydrogen (secondary N) is 1. The average Bonchev–Trinajstić information content (AvgIpc) is 3.46. The summed E-state index contributed by atoms with van der Waals surface area (Å²) in [5.74, 6) is 2.37. The first kappa shape index (κ1) is 17.5. The molecule has 2 aliphatic heterocycles. The van der Waals surface area contributed by atoms with Gasteiger partial charge in [-0.1, -0.05) is 12.8 Å². The summed E-state index contributed by atoms with van der Waals surface area (Å²) in [5.41, 5.74) is 1.92. The fourth-order valence-corrected chi connectivity index (χ4v) is 4.75. The molecule has 1 N–H and O–H groups in total. The molecule has 3 aliphatic rings. The van der Waals surface area contributed by atoms with Crippen molar-refractivity contribution in [1.82, 2.24) is 19.7 Å². The van der Waals surface area contributed by atoms with Gasteiger partial charge in [0.2, 0.25) is 11.9 Å². The van der Waals surface area contributed by atoms with Gasteiger partial charge in [-0.2, -0.15) is 10.1 Å². The second-order valence-corrected chi connectivity index (χ2v) is 8.23. The number of carbonyl (C=O) groups excluding carboxylic acids is 1. The van der Waals surface area contributed by atoms with Crippen LogP contribution in [0.2, 0.25) is 0 Å². The zero-order valence-corrected chi connectivity index (χ0v) is 16.3. The van der Waals surface area contributed by atoms with Gasteiger partial charge >= 0.3 is 0 Å². The van der Waals surface area contributed by atoms with Crippen LogP contribution >= 0.6 is 0 Å².